The van der Waals surface area contributed by atoms with Crippen LogP contribution in [0.4, 0.5) is 0 Å². The number of nitrogens with two attached hydrogens (primary N) is 1. The van der Waals surface area contributed by atoms with E-state index >= 15 is 0 Å². The average molecular weight is 376 g/mol. The number of benzene rings is 1. The van der Waals surface area contributed by atoms with Crippen LogP contribution in [0.2, 0.25) is 0 Å². The predicted molar refractivity (Wildman–Crippen MR) is 104 cm³/mol. The lowest BCUT2D eigenvalue weighted by Gasteiger charge is -2.41. The molecule has 1 saturated heterocycles. The highest BCUT2D eigenvalue weighted by Gasteiger charge is 2.40. The van der Waals surface area contributed by atoms with Gasteiger partial charge < -0.3 is 20.3 Å². The molecule has 1 aromatic rings. The first-order chi connectivity index (χ1) is 13.0. The fourth-order valence-corrected chi connectivity index (χ4v) is 4.78. The van der Waals surface area contributed by atoms with E-state index in [1.807, 2.05) is 12.1 Å². The van der Waals surface area contributed by atoms with E-state index in [1.54, 1.807) is 12.1 Å². The Labute approximate surface area is 162 Å². The highest BCUT2D eigenvalue weighted by atomic mass is 16.6. The van der Waals surface area contributed by atoms with Crippen molar-refractivity contribution >= 4 is 5.91 Å². The Morgan fingerprint density at radius 3 is 2.70 bits per heavy atom. The second-order valence-electron chi connectivity index (χ2n) is 8.36. The number of amides is 1. The zero-order valence-corrected chi connectivity index (χ0v) is 16.5. The van der Waals surface area contributed by atoms with E-state index < -0.39 is 12.2 Å². The van der Waals surface area contributed by atoms with E-state index in [4.69, 9.17) is 15.2 Å². The van der Waals surface area contributed by atoms with Gasteiger partial charge >= 0.3 is 0 Å². The van der Waals surface area contributed by atoms with Crippen molar-refractivity contribution in [2.24, 2.45) is 29.4 Å². The first kappa shape index (κ1) is 20.3. The van der Waals surface area contributed by atoms with Crippen molar-refractivity contribution in [3.05, 3.63) is 35.4 Å². The molecule has 2 unspecified atom stereocenters. The molecule has 1 aromatic carbocycles. The SMILES string of the molecule is CC1CC[C@H]2CCC[C@@H]([C@@H](C)[C@H](O)OCc3ccc(C(N)=O)cc3)C2CO1. The van der Waals surface area contributed by atoms with E-state index in [0.717, 1.165) is 25.0 Å². The van der Waals surface area contributed by atoms with Crippen molar-refractivity contribution in [1.29, 1.82) is 0 Å². The lowest BCUT2D eigenvalue weighted by molar-refractivity contribution is -0.162. The number of fused-ring (bicyclic) bond motifs is 1. The van der Waals surface area contributed by atoms with Gasteiger partial charge in [0.25, 0.3) is 0 Å². The van der Waals surface area contributed by atoms with E-state index in [-0.39, 0.29) is 5.92 Å². The number of primary amides is 1. The van der Waals surface area contributed by atoms with Crippen LogP contribution >= 0.6 is 0 Å². The Morgan fingerprint density at radius 1 is 1.26 bits per heavy atom. The molecule has 5 nitrogen and oxygen atoms in total. The van der Waals surface area contributed by atoms with Crippen molar-refractivity contribution < 1.29 is 19.4 Å². The standard InChI is InChI=1S/C22H33NO4/c1-14-6-9-17-4-3-5-19(20(17)13-26-14)15(2)22(25)27-12-16-7-10-18(11-8-16)21(23)24/h7-8,10-11,14-15,17,19-20,22,25H,3-6,9,12-13H2,1-2H3,(H2,23,24)/t14?,15-,17-,19+,20?,22-/m1/s1. The molecule has 0 radical (unpaired) electrons. The van der Waals surface area contributed by atoms with Gasteiger partial charge in [-0.3, -0.25) is 4.79 Å². The first-order valence-corrected chi connectivity index (χ1v) is 10.3. The number of rotatable bonds is 6. The van der Waals surface area contributed by atoms with Crippen LogP contribution in [-0.2, 0) is 16.1 Å². The first-order valence-electron chi connectivity index (χ1n) is 10.3. The van der Waals surface area contributed by atoms with Gasteiger partial charge in [-0.1, -0.05) is 31.9 Å². The summed E-state index contributed by atoms with van der Waals surface area (Å²) in [5.41, 5.74) is 6.65. The molecule has 1 aliphatic carbocycles. The Bertz CT molecular complexity index is 617. The van der Waals surface area contributed by atoms with Gasteiger partial charge in [-0.05, 0) is 61.6 Å². The maximum atomic E-state index is 11.1. The summed E-state index contributed by atoms with van der Waals surface area (Å²) in [6.07, 6.45) is 5.56. The molecule has 1 aliphatic heterocycles. The van der Waals surface area contributed by atoms with Crippen LogP contribution in [0.3, 0.4) is 0 Å². The molecule has 2 fully saturated rings. The predicted octanol–water partition coefficient (Wildman–Crippen LogP) is 3.49. The molecule has 6 atom stereocenters. The van der Waals surface area contributed by atoms with Crippen LogP contribution in [0.1, 0.15) is 61.9 Å². The largest absolute Gasteiger partial charge is 0.378 e. The van der Waals surface area contributed by atoms with Gasteiger partial charge in [0.2, 0.25) is 5.91 Å². The van der Waals surface area contributed by atoms with Crippen LogP contribution in [0.15, 0.2) is 24.3 Å². The van der Waals surface area contributed by atoms with Crippen molar-refractivity contribution in [3.8, 4) is 0 Å². The molecule has 1 heterocycles. The highest BCUT2D eigenvalue weighted by Crippen LogP contribution is 2.44. The molecule has 1 saturated carbocycles. The topological polar surface area (TPSA) is 81.8 Å². The molecule has 5 heteroatoms. The quantitative estimate of drug-likeness (QED) is 0.746. The number of carbonyl (C=O) groups excluding carboxylic acids is 1. The molecule has 0 aromatic heterocycles. The van der Waals surface area contributed by atoms with Crippen LogP contribution < -0.4 is 5.73 Å². The molecule has 3 N–H and O–H groups in total. The number of aliphatic hydroxyl groups excluding tert-OH is 1. The number of ether oxygens (including phenoxy) is 2. The number of carbonyl (C=O) groups is 1. The minimum absolute atomic E-state index is 0.0692. The summed E-state index contributed by atoms with van der Waals surface area (Å²) in [4.78, 5) is 11.1. The monoisotopic (exact) mass is 375 g/mol. The van der Waals surface area contributed by atoms with Crippen molar-refractivity contribution in [2.45, 2.75) is 65.0 Å². The molecule has 150 valence electrons. The lowest BCUT2D eigenvalue weighted by Crippen LogP contribution is -2.39. The number of aliphatic hydroxyl groups is 1. The fourth-order valence-electron chi connectivity index (χ4n) is 4.78. The fraction of sp³-hybridized carbons (Fsp3) is 0.682. The third kappa shape index (κ3) is 5.09. The van der Waals surface area contributed by atoms with Gasteiger partial charge in [-0.2, -0.15) is 0 Å². The lowest BCUT2D eigenvalue weighted by atomic mass is 9.66. The number of hydrogen-bond donors (Lipinski definition) is 2. The van der Waals surface area contributed by atoms with Gasteiger partial charge in [-0.25, -0.2) is 0 Å². The number of hydrogen-bond acceptors (Lipinski definition) is 4. The minimum atomic E-state index is -0.801. The summed E-state index contributed by atoms with van der Waals surface area (Å²) in [7, 11) is 0. The molecular weight excluding hydrogens is 342 g/mol. The molecular formula is C22H33NO4. The maximum absolute atomic E-state index is 11.1. The third-order valence-electron chi connectivity index (χ3n) is 6.57. The minimum Gasteiger partial charge on any atom is -0.378 e. The van der Waals surface area contributed by atoms with E-state index in [9.17, 15) is 9.90 Å². The molecule has 0 spiro atoms. The molecule has 0 bridgehead atoms. The summed E-state index contributed by atoms with van der Waals surface area (Å²) in [5.74, 6) is 1.29. The summed E-state index contributed by atoms with van der Waals surface area (Å²) >= 11 is 0. The smallest absolute Gasteiger partial charge is 0.248 e. The zero-order chi connectivity index (χ0) is 19.4. The summed E-state index contributed by atoms with van der Waals surface area (Å²) in [6.45, 7) is 5.39. The van der Waals surface area contributed by atoms with Gasteiger partial charge in [0, 0.05) is 11.5 Å². The normalized spacial score (nSPS) is 30.8. The highest BCUT2D eigenvalue weighted by molar-refractivity contribution is 5.92. The zero-order valence-electron chi connectivity index (χ0n) is 16.5. The van der Waals surface area contributed by atoms with Gasteiger partial charge in [-0.15, -0.1) is 0 Å². The van der Waals surface area contributed by atoms with E-state index in [1.165, 1.54) is 19.3 Å². The second kappa shape index (κ2) is 9.18. The second-order valence-corrected chi connectivity index (χ2v) is 8.36. The van der Waals surface area contributed by atoms with Crippen molar-refractivity contribution in [1.82, 2.24) is 0 Å². The molecule has 2 aliphatic rings. The van der Waals surface area contributed by atoms with Crippen LogP contribution in [-0.4, -0.2) is 30.0 Å². The average Bonchev–Trinajstić information content (AvgIpc) is 2.87. The van der Waals surface area contributed by atoms with Gasteiger partial charge in [0.05, 0.1) is 19.3 Å². The van der Waals surface area contributed by atoms with Crippen LogP contribution in [0, 0.1) is 23.7 Å². The Kier molecular flexibility index (Phi) is 6.90. The molecule has 27 heavy (non-hydrogen) atoms. The Balaban J connectivity index is 1.57. The van der Waals surface area contributed by atoms with Crippen molar-refractivity contribution in [2.75, 3.05) is 6.61 Å². The van der Waals surface area contributed by atoms with Crippen LogP contribution in [0.5, 0.6) is 0 Å². The summed E-state index contributed by atoms with van der Waals surface area (Å²) in [5, 5.41) is 10.6. The third-order valence-corrected chi connectivity index (χ3v) is 6.57. The van der Waals surface area contributed by atoms with Gasteiger partial charge in [0.1, 0.15) is 0 Å². The molecule has 3 rings (SSSR count). The molecule has 1 amide bonds. The Morgan fingerprint density at radius 2 is 2.00 bits per heavy atom. The van der Waals surface area contributed by atoms with Gasteiger partial charge in [0.15, 0.2) is 6.29 Å². The maximum Gasteiger partial charge on any atom is 0.248 e. The van der Waals surface area contributed by atoms with E-state index in [2.05, 4.69) is 13.8 Å². The van der Waals surface area contributed by atoms with E-state index in [0.29, 0.717) is 36.0 Å². The summed E-state index contributed by atoms with van der Waals surface area (Å²) in [6, 6.07) is 7.00. The van der Waals surface area contributed by atoms with Crippen molar-refractivity contribution in [3.63, 3.8) is 0 Å². The summed E-state index contributed by atoms with van der Waals surface area (Å²) < 4.78 is 11.8. The van der Waals surface area contributed by atoms with Crippen LogP contribution in [0.25, 0.3) is 0 Å². The Hall–Kier alpha value is -1.43.